The molecule has 1 rings (SSSR count). The number of nitrogens with two attached hydrogens (primary N) is 1. The molecule has 1 fully saturated rings. The Morgan fingerprint density at radius 3 is 2.54 bits per heavy atom. The van der Waals surface area contributed by atoms with Gasteiger partial charge in [-0.1, -0.05) is 11.8 Å². The predicted octanol–water partition coefficient (Wildman–Crippen LogP) is -0.343. The maximum Gasteiger partial charge on any atom is 0.276 e. The molecular weight excluding hydrogens is 192 g/mol. The molecule has 2 amide bonds. The maximum absolute atomic E-state index is 11.3. The summed E-state index contributed by atoms with van der Waals surface area (Å²) < 4.78 is 5.08. The molecule has 2 N–H and O–H groups in total. The number of nitrogens with zero attached hydrogens (tertiary/aromatic N) is 1. The first kappa shape index (κ1) is 10.3. The summed E-state index contributed by atoms with van der Waals surface area (Å²) in [7, 11) is 0. The fraction of sp³-hybridized carbons (Fsp3) is 0.714. The van der Waals surface area contributed by atoms with Gasteiger partial charge >= 0.3 is 0 Å². The third kappa shape index (κ3) is 3.65. The molecule has 0 atom stereocenters. The zero-order valence-electron chi connectivity index (χ0n) is 7.19. The summed E-state index contributed by atoms with van der Waals surface area (Å²) in [5.41, 5.74) is 4.90. The minimum atomic E-state index is -0.512. The van der Waals surface area contributed by atoms with Crippen LogP contribution in [-0.4, -0.2) is 48.1 Å². The Bertz CT molecular complexity index is 204. The Morgan fingerprint density at radius 2 is 2.00 bits per heavy atom. The Kier molecular flexibility index (Phi) is 4.04. The van der Waals surface area contributed by atoms with E-state index in [9.17, 15) is 9.59 Å². The predicted molar refractivity (Wildman–Crippen MR) is 49.4 cm³/mol. The van der Waals surface area contributed by atoms with E-state index in [0.29, 0.717) is 26.3 Å². The van der Waals surface area contributed by atoms with Crippen LogP contribution in [0, 0.1) is 0 Å². The lowest BCUT2D eigenvalue weighted by molar-refractivity contribution is -0.132. The topological polar surface area (TPSA) is 72.6 Å². The summed E-state index contributed by atoms with van der Waals surface area (Å²) in [5.74, 6) is 0.0853. The standard InChI is InChI=1S/C7H12N2O3S/c8-7(11)13-5-6(10)9-1-3-12-4-2-9/h1-5H2,(H2,8,11). The van der Waals surface area contributed by atoms with Gasteiger partial charge in [-0.2, -0.15) is 0 Å². The summed E-state index contributed by atoms with van der Waals surface area (Å²) in [6.45, 7) is 2.37. The van der Waals surface area contributed by atoms with E-state index in [1.54, 1.807) is 4.90 Å². The van der Waals surface area contributed by atoms with E-state index < -0.39 is 5.24 Å². The number of rotatable bonds is 2. The van der Waals surface area contributed by atoms with Gasteiger partial charge < -0.3 is 15.4 Å². The number of carbonyl (C=O) groups excluding carboxylic acids is 2. The summed E-state index contributed by atoms with van der Waals surface area (Å²) in [6.07, 6.45) is 0. The van der Waals surface area contributed by atoms with Crippen molar-refractivity contribution in [2.75, 3.05) is 32.1 Å². The minimum Gasteiger partial charge on any atom is -0.378 e. The SMILES string of the molecule is NC(=O)SCC(=O)N1CCOCC1. The second-order valence-electron chi connectivity index (χ2n) is 2.60. The molecule has 13 heavy (non-hydrogen) atoms. The van der Waals surface area contributed by atoms with Gasteiger partial charge in [-0.15, -0.1) is 0 Å². The van der Waals surface area contributed by atoms with Gasteiger partial charge in [0.2, 0.25) is 5.91 Å². The molecule has 0 aliphatic carbocycles. The Hall–Kier alpha value is -0.750. The first-order valence-electron chi connectivity index (χ1n) is 3.98. The van der Waals surface area contributed by atoms with Crippen LogP contribution in [0.25, 0.3) is 0 Å². The molecular formula is C7H12N2O3S. The number of hydrogen-bond acceptors (Lipinski definition) is 4. The fourth-order valence-electron chi connectivity index (χ4n) is 1.04. The fourth-order valence-corrected chi connectivity index (χ4v) is 1.49. The van der Waals surface area contributed by atoms with E-state index in [1.165, 1.54) is 0 Å². The smallest absolute Gasteiger partial charge is 0.276 e. The third-order valence-corrected chi connectivity index (χ3v) is 2.38. The lowest BCUT2D eigenvalue weighted by atomic mass is 10.4. The number of thioether (sulfide) groups is 1. The zero-order valence-corrected chi connectivity index (χ0v) is 8.01. The first-order valence-corrected chi connectivity index (χ1v) is 4.96. The zero-order chi connectivity index (χ0) is 9.68. The molecule has 0 unspecified atom stereocenters. The van der Waals surface area contributed by atoms with E-state index in [4.69, 9.17) is 10.5 Å². The van der Waals surface area contributed by atoms with Gasteiger partial charge in [0.05, 0.1) is 19.0 Å². The van der Waals surface area contributed by atoms with Gasteiger partial charge in [0.1, 0.15) is 0 Å². The van der Waals surface area contributed by atoms with E-state index in [2.05, 4.69) is 0 Å². The molecule has 1 aliphatic heterocycles. The number of ether oxygens (including phenoxy) is 1. The molecule has 0 aromatic heterocycles. The van der Waals surface area contributed by atoms with Crippen LogP contribution >= 0.6 is 11.8 Å². The second kappa shape index (κ2) is 5.08. The van der Waals surface area contributed by atoms with Crippen molar-refractivity contribution < 1.29 is 14.3 Å². The molecule has 1 saturated heterocycles. The van der Waals surface area contributed by atoms with Crippen LogP contribution in [0.2, 0.25) is 0 Å². The lowest BCUT2D eigenvalue weighted by Gasteiger charge is -2.26. The molecule has 1 aliphatic rings. The largest absolute Gasteiger partial charge is 0.378 e. The van der Waals surface area contributed by atoms with Crippen molar-refractivity contribution in [1.29, 1.82) is 0 Å². The van der Waals surface area contributed by atoms with E-state index >= 15 is 0 Å². The molecule has 0 aromatic rings. The number of amides is 2. The molecule has 0 saturated carbocycles. The Balaban J connectivity index is 2.25. The van der Waals surface area contributed by atoms with Crippen molar-refractivity contribution in [2.45, 2.75) is 0 Å². The van der Waals surface area contributed by atoms with E-state index in [-0.39, 0.29) is 11.7 Å². The normalized spacial score (nSPS) is 17.1. The van der Waals surface area contributed by atoms with Gasteiger partial charge in [0, 0.05) is 13.1 Å². The van der Waals surface area contributed by atoms with Crippen LogP contribution < -0.4 is 5.73 Å². The van der Waals surface area contributed by atoms with Crippen molar-refractivity contribution in [1.82, 2.24) is 4.90 Å². The average Bonchev–Trinajstić information content (AvgIpc) is 2.15. The van der Waals surface area contributed by atoms with Crippen LogP contribution in [0.1, 0.15) is 0 Å². The van der Waals surface area contributed by atoms with E-state index in [1.807, 2.05) is 0 Å². The molecule has 74 valence electrons. The average molecular weight is 204 g/mol. The lowest BCUT2D eigenvalue weighted by Crippen LogP contribution is -2.41. The van der Waals surface area contributed by atoms with Crippen LogP contribution in [0.5, 0.6) is 0 Å². The quantitative estimate of drug-likeness (QED) is 0.667. The number of carbonyl (C=O) groups is 2. The van der Waals surface area contributed by atoms with Crippen molar-refractivity contribution in [3.05, 3.63) is 0 Å². The second-order valence-corrected chi connectivity index (χ2v) is 3.58. The highest BCUT2D eigenvalue weighted by molar-refractivity contribution is 8.14. The monoisotopic (exact) mass is 204 g/mol. The highest BCUT2D eigenvalue weighted by Gasteiger charge is 2.16. The highest BCUT2D eigenvalue weighted by atomic mass is 32.2. The molecule has 0 radical (unpaired) electrons. The summed E-state index contributed by atoms with van der Waals surface area (Å²) in [4.78, 5) is 23.4. The molecule has 0 bridgehead atoms. The van der Waals surface area contributed by atoms with Crippen LogP contribution in [0.4, 0.5) is 4.79 Å². The minimum absolute atomic E-state index is 0.0490. The number of hydrogen-bond donors (Lipinski definition) is 1. The molecule has 6 heteroatoms. The van der Waals surface area contributed by atoms with Crippen molar-refractivity contribution >= 4 is 22.9 Å². The third-order valence-electron chi connectivity index (χ3n) is 1.70. The van der Waals surface area contributed by atoms with Crippen LogP contribution in [0.3, 0.4) is 0 Å². The summed E-state index contributed by atoms with van der Waals surface area (Å²) >= 11 is 0.840. The maximum atomic E-state index is 11.3. The summed E-state index contributed by atoms with van der Waals surface area (Å²) in [6, 6.07) is 0. The van der Waals surface area contributed by atoms with Crippen LogP contribution in [0.15, 0.2) is 0 Å². The summed E-state index contributed by atoms with van der Waals surface area (Å²) in [5, 5.41) is -0.512. The number of primary amides is 1. The molecule has 0 spiro atoms. The van der Waals surface area contributed by atoms with Crippen molar-refractivity contribution in [2.24, 2.45) is 5.73 Å². The van der Waals surface area contributed by atoms with Gasteiger partial charge in [-0.3, -0.25) is 9.59 Å². The van der Waals surface area contributed by atoms with Gasteiger partial charge in [-0.25, -0.2) is 0 Å². The van der Waals surface area contributed by atoms with E-state index in [0.717, 1.165) is 11.8 Å². The van der Waals surface area contributed by atoms with Crippen molar-refractivity contribution in [3.8, 4) is 0 Å². The first-order chi connectivity index (χ1) is 6.20. The van der Waals surface area contributed by atoms with Gasteiger partial charge in [-0.05, 0) is 0 Å². The number of morpholine rings is 1. The highest BCUT2D eigenvalue weighted by Crippen LogP contribution is 2.04. The van der Waals surface area contributed by atoms with Gasteiger partial charge in [0.15, 0.2) is 0 Å². The van der Waals surface area contributed by atoms with Crippen molar-refractivity contribution in [3.63, 3.8) is 0 Å². The van der Waals surface area contributed by atoms with Crippen LogP contribution in [-0.2, 0) is 9.53 Å². The Morgan fingerprint density at radius 1 is 1.38 bits per heavy atom. The van der Waals surface area contributed by atoms with Gasteiger partial charge in [0.25, 0.3) is 5.24 Å². The molecule has 0 aromatic carbocycles. The molecule has 5 nitrogen and oxygen atoms in total. The molecule has 1 heterocycles. The Labute approximate surface area is 80.6 Å².